The third-order valence-corrected chi connectivity index (χ3v) is 4.89. The SMILES string of the molecule is CC(=O)c1ccc(NOC(=O)[C@H](Cc2ccccc2)NC(=O)c2ccc(CN)cc2)cc1. The molecule has 3 aromatic carbocycles. The van der Waals surface area contributed by atoms with E-state index in [1.807, 2.05) is 30.3 Å². The van der Waals surface area contributed by atoms with Gasteiger partial charge in [0, 0.05) is 24.1 Å². The van der Waals surface area contributed by atoms with Gasteiger partial charge in [0.05, 0.1) is 5.69 Å². The van der Waals surface area contributed by atoms with Crippen LogP contribution in [-0.2, 0) is 22.6 Å². The fourth-order valence-electron chi connectivity index (χ4n) is 3.03. The monoisotopic (exact) mass is 431 g/mol. The number of nitrogens with one attached hydrogen (secondary N) is 2. The standard InChI is InChI=1S/C25H25N3O4/c1-17(29)20-11-13-22(14-12-20)28-32-25(31)23(15-18-5-3-2-4-6-18)27-24(30)21-9-7-19(16-26)8-10-21/h2-14,23,28H,15-16,26H2,1H3,(H,27,30)/t23-/m0/s1. The molecule has 0 heterocycles. The summed E-state index contributed by atoms with van der Waals surface area (Å²) in [5, 5.41) is 2.75. The van der Waals surface area contributed by atoms with Crippen molar-refractivity contribution in [3.05, 3.63) is 101 Å². The number of carbonyl (C=O) groups excluding carboxylic acids is 3. The number of ketones is 1. The molecule has 3 aromatic rings. The van der Waals surface area contributed by atoms with Crippen LogP contribution in [0.3, 0.4) is 0 Å². The molecule has 1 atom stereocenters. The third-order valence-electron chi connectivity index (χ3n) is 4.89. The van der Waals surface area contributed by atoms with Crippen molar-refractivity contribution < 1.29 is 19.2 Å². The lowest BCUT2D eigenvalue weighted by Gasteiger charge is -2.18. The molecule has 0 aromatic heterocycles. The molecule has 0 saturated carbocycles. The summed E-state index contributed by atoms with van der Waals surface area (Å²) in [5.41, 5.74) is 11.4. The molecule has 4 N–H and O–H groups in total. The maximum atomic E-state index is 12.8. The van der Waals surface area contributed by atoms with E-state index in [1.54, 1.807) is 48.5 Å². The lowest BCUT2D eigenvalue weighted by atomic mass is 10.1. The molecule has 3 rings (SSSR count). The number of anilines is 1. The number of benzene rings is 3. The number of carbonyl (C=O) groups is 3. The van der Waals surface area contributed by atoms with Crippen LogP contribution in [0.5, 0.6) is 0 Å². The molecule has 0 fully saturated rings. The average Bonchev–Trinajstić information content (AvgIpc) is 2.83. The summed E-state index contributed by atoms with van der Waals surface area (Å²) in [4.78, 5) is 42.1. The Hall–Kier alpha value is -3.97. The van der Waals surface area contributed by atoms with E-state index in [2.05, 4.69) is 10.8 Å². The van der Waals surface area contributed by atoms with E-state index >= 15 is 0 Å². The largest absolute Gasteiger partial charge is 0.354 e. The third kappa shape index (κ3) is 6.26. The lowest BCUT2D eigenvalue weighted by molar-refractivity contribution is -0.142. The second-order valence-electron chi connectivity index (χ2n) is 7.27. The van der Waals surface area contributed by atoms with Crippen LogP contribution in [0.4, 0.5) is 5.69 Å². The predicted molar refractivity (Wildman–Crippen MR) is 122 cm³/mol. The number of nitrogens with two attached hydrogens (primary N) is 1. The van der Waals surface area contributed by atoms with Gasteiger partial charge in [-0.15, -0.1) is 0 Å². The second kappa shape index (κ2) is 10.9. The van der Waals surface area contributed by atoms with Gasteiger partial charge in [-0.2, -0.15) is 0 Å². The van der Waals surface area contributed by atoms with Crippen LogP contribution in [0.1, 0.15) is 38.8 Å². The van der Waals surface area contributed by atoms with E-state index < -0.39 is 17.9 Å². The Morgan fingerprint density at radius 2 is 1.47 bits per heavy atom. The zero-order chi connectivity index (χ0) is 22.9. The highest BCUT2D eigenvalue weighted by molar-refractivity contribution is 5.97. The molecule has 0 spiro atoms. The molecule has 7 nitrogen and oxygen atoms in total. The molecule has 0 radical (unpaired) electrons. The van der Waals surface area contributed by atoms with E-state index in [9.17, 15) is 14.4 Å². The molecule has 0 aliphatic rings. The van der Waals surface area contributed by atoms with Gasteiger partial charge >= 0.3 is 5.97 Å². The van der Waals surface area contributed by atoms with Gasteiger partial charge in [-0.3, -0.25) is 9.59 Å². The number of Topliss-reactive ketones (excluding diaryl/α,β-unsaturated/α-hetero) is 1. The molecule has 32 heavy (non-hydrogen) atoms. The Labute approximate surface area is 186 Å². The fourth-order valence-corrected chi connectivity index (χ4v) is 3.03. The summed E-state index contributed by atoms with van der Waals surface area (Å²) in [6.45, 7) is 1.85. The van der Waals surface area contributed by atoms with E-state index in [4.69, 9.17) is 10.6 Å². The molecule has 0 aliphatic heterocycles. The maximum Gasteiger partial charge on any atom is 0.354 e. The molecule has 1 amide bonds. The summed E-state index contributed by atoms with van der Waals surface area (Å²) in [6.07, 6.45) is 0.261. The molecule has 164 valence electrons. The Bertz CT molecular complexity index is 1060. The highest BCUT2D eigenvalue weighted by Gasteiger charge is 2.24. The van der Waals surface area contributed by atoms with Crippen LogP contribution in [0.25, 0.3) is 0 Å². The lowest BCUT2D eigenvalue weighted by Crippen LogP contribution is -2.44. The number of rotatable bonds is 9. The average molecular weight is 431 g/mol. The molecule has 0 aliphatic carbocycles. The summed E-state index contributed by atoms with van der Waals surface area (Å²) < 4.78 is 0. The van der Waals surface area contributed by atoms with Gasteiger partial charge in [-0.1, -0.05) is 42.5 Å². The van der Waals surface area contributed by atoms with Crippen molar-refractivity contribution >= 4 is 23.3 Å². The zero-order valence-corrected chi connectivity index (χ0v) is 17.7. The van der Waals surface area contributed by atoms with E-state index in [1.165, 1.54) is 6.92 Å². The van der Waals surface area contributed by atoms with Crippen molar-refractivity contribution in [1.29, 1.82) is 0 Å². The van der Waals surface area contributed by atoms with Crippen LogP contribution in [-0.4, -0.2) is 23.7 Å². The molecular weight excluding hydrogens is 406 g/mol. The van der Waals surface area contributed by atoms with Gasteiger partial charge in [-0.25, -0.2) is 10.3 Å². The summed E-state index contributed by atoms with van der Waals surface area (Å²) in [6, 6.07) is 21.8. The summed E-state index contributed by atoms with van der Waals surface area (Å²) in [5.74, 6) is -1.09. The first-order valence-electron chi connectivity index (χ1n) is 10.2. The number of hydrogen-bond acceptors (Lipinski definition) is 6. The number of hydrogen-bond donors (Lipinski definition) is 3. The van der Waals surface area contributed by atoms with Gasteiger partial charge in [-0.05, 0) is 54.4 Å². The van der Waals surface area contributed by atoms with Crippen molar-refractivity contribution in [3.8, 4) is 0 Å². The normalized spacial score (nSPS) is 11.3. The van der Waals surface area contributed by atoms with Gasteiger partial charge in [0.1, 0.15) is 6.04 Å². The van der Waals surface area contributed by atoms with Crippen LogP contribution < -0.4 is 16.5 Å². The number of amides is 1. The smallest absolute Gasteiger partial charge is 0.341 e. The topological polar surface area (TPSA) is 111 Å². The van der Waals surface area contributed by atoms with Crippen molar-refractivity contribution in [2.24, 2.45) is 5.73 Å². The van der Waals surface area contributed by atoms with Crippen LogP contribution >= 0.6 is 0 Å². The Balaban J connectivity index is 1.70. The minimum absolute atomic E-state index is 0.0568. The Morgan fingerprint density at radius 3 is 2.06 bits per heavy atom. The first-order valence-corrected chi connectivity index (χ1v) is 10.2. The molecule has 7 heteroatoms. The van der Waals surface area contributed by atoms with Crippen molar-refractivity contribution in [3.63, 3.8) is 0 Å². The first-order chi connectivity index (χ1) is 15.5. The Kier molecular flexibility index (Phi) is 7.72. The fraction of sp³-hybridized carbons (Fsp3) is 0.160. The van der Waals surface area contributed by atoms with Crippen molar-refractivity contribution in [2.45, 2.75) is 25.9 Å². The van der Waals surface area contributed by atoms with Gasteiger partial charge in [0.2, 0.25) is 0 Å². The quantitative estimate of drug-likeness (QED) is 0.354. The predicted octanol–water partition coefficient (Wildman–Crippen LogP) is 3.26. The van der Waals surface area contributed by atoms with Crippen molar-refractivity contribution in [2.75, 3.05) is 5.48 Å². The Morgan fingerprint density at radius 1 is 0.844 bits per heavy atom. The van der Waals surface area contributed by atoms with Crippen molar-refractivity contribution in [1.82, 2.24) is 5.32 Å². The first kappa shape index (κ1) is 22.7. The van der Waals surface area contributed by atoms with Gasteiger partial charge in [0.25, 0.3) is 5.91 Å². The molecule has 0 saturated heterocycles. The highest BCUT2D eigenvalue weighted by atomic mass is 16.7. The van der Waals surface area contributed by atoms with Crippen LogP contribution in [0.2, 0.25) is 0 Å². The van der Waals surface area contributed by atoms with E-state index in [-0.39, 0.29) is 12.2 Å². The van der Waals surface area contributed by atoms with Gasteiger partial charge < -0.3 is 15.9 Å². The summed E-state index contributed by atoms with van der Waals surface area (Å²) >= 11 is 0. The minimum Gasteiger partial charge on any atom is -0.341 e. The van der Waals surface area contributed by atoms with Crippen LogP contribution in [0, 0.1) is 0 Å². The van der Waals surface area contributed by atoms with Gasteiger partial charge in [0.15, 0.2) is 5.78 Å². The second-order valence-corrected chi connectivity index (χ2v) is 7.27. The highest BCUT2D eigenvalue weighted by Crippen LogP contribution is 2.12. The minimum atomic E-state index is -0.914. The zero-order valence-electron chi connectivity index (χ0n) is 17.7. The van der Waals surface area contributed by atoms with E-state index in [0.717, 1.165) is 11.1 Å². The molecule has 0 unspecified atom stereocenters. The van der Waals surface area contributed by atoms with Crippen LogP contribution in [0.15, 0.2) is 78.9 Å². The van der Waals surface area contributed by atoms with E-state index in [0.29, 0.717) is 23.4 Å². The maximum absolute atomic E-state index is 12.8. The summed E-state index contributed by atoms with van der Waals surface area (Å²) in [7, 11) is 0. The molecule has 0 bridgehead atoms. The molecular formula is C25H25N3O4.